The zero-order chi connectivity index (χ0) is 30.1. The van der Waals surface area contributed by atoms with Crippen LogP contribution in [0.5, 0.6) is 0 Å². The molecule has 2 aliphatic heterocycles. The molecule has 0 aliphatic carbocycles. The molecular weight excluding hydrogens is 607 g/mol. The highest BCUT2D eigenvalue weighted by atomic mass is 32.2. The number of carbonyl (C=O) groups excluding carboxylic acids is 3. The molecule has 3 amide bonds. The number of carboxylic acids is 1. The molecule has 226 valence electrons. The molecule has 2 aliphatic rings. The first kappa shape index (κ1) is 31.4. The Morgan fingerprint density at radius 2 is 2.21 bits per heavy atom. The first-order chi connectivity index (χ1) is 20.3. The van der Waals surface area contributed by atoms with Gasteiger partial charge in [0.2, 0.25) is 17.5 Å². The van der Waals surface area contributed by atoms with Crippen molar-refractivity contribution in [3.63, 3.8) is 0 Å². The van der Waals surface area contributed by atoms with E-state index in [-0.39, 0.29) is 41.2 Å². The van der Waals surface area contributed by atoms with Crippen molar-refractivity contribution < 1.29 is 29.1 Å². The molecule has 2 aromatic rings. The SMILES string of the molecule is C=CCON=C(C(=O)NC1C(=O)N2CC(CSc3nnnn3CCCCCC)(C(=O)O)CS[C@H]12)c1csc(NC=O)n1. The van der Waals surface area contributed by atoms with Crippen LogP contribution in [0.25, 0.3) is 0 Å². The molecule has 4 rings (SSSR count). The van der Waals surface area contributed by atoms with Gasteiger partial charge in [0.15, 0.2) is 10.8 Å². The molecule has 2 aromatic heterocycles. The number of anilines is 1. The number of hydrogen-bond acceptors (Lipinski definition) is 13. The molecule has 0 radical (unpaired) electrons. The number of oxime groups is 1. The maximum absolute atomic E-state index is 13.2. The van der Waals surface area contributed by atoms with E-state index >= 15 is 0 Å². The van der Waals surface area contributed by atoms with Gasteiger partial charge in [-0.1, -0.05) is 55.8 Å². The van der Waals surface area contributed by atoms with Gasteiger partial charge in [0.25, 0.3) is 5.91 Å². The Labute approximate surface area is 253 Å². The number of nitrogens with zero attached hydrogens (tertiary/aromatic N) is 7. The first-order valence-electron chi connectivity index (χ1n) is 13.2. The van der Waals surface area contributed by atoms with Crippen molar-refractivity contribution in [3.05, 3.63) is 23.7 Å². The average Bonchev–Trinajstić information content (AvgIpc) is 3.64. The number of aryl methyl sites for hydroxylation is 1. The second-order valence-electron chi connectivity index (χ2n) is 9.56. The number of rotatable bonds is 17. The Kier molecular flexibility index (Phi) is 10.9. The number of thioether (sulfide) groups is 2. The van der Waals surface area contributed by atoms with Gasteiger partial charge < -0.3 is 25.5 Å². The molecule has 18 heteroatoms. The highest BCUT2D eigenvalue weighted by molar-refractivity contribution is 8.00. The zero-order valence-electron chi connectivity index (χ0n) is 22.8. The fraction of sp³-hybridized carbons (Fsp3) is 0.542. The van der Waals surface area contributed by atoms with E-state index in [9.17, 15) is 24.3 Å². The Bertz CT molecular complexity index is 1330. The van der Waals surface area contributed by atoms with Gasteiger partial charge in [0.05, 0.1) is 0 Å². The van der Waals surface area contributed by atoms with Crippen molar-refractivity contribution in [1.29, 1.82) is 0 Å². The molecule has 2 unspecified atom stereocenters. The second-order valence-corrected chi connectivity index (χ2v) is 12.5. The number of aromatic nitrogens is 5. The van der Waals surface area contributed by atoms with Crippen molar-refractivity contribution in [2.45, 2.75) is 55.7 Å². The smallest absolute Gasteiger partial charge is 0.313 e. The minimum absolute atomic E-state index is 0.00747. The van der Waals surface area contributed by atoms with E-state index in [1.54, 1.807) is 4.68 Å². The molecule has 0 saturated carbocycles. The van der Waals surface area contributed by atoms with Gasteiger partial charge >= 0.3 is 5.97 Å². The Morgan fingerprint density at radius 3 is 2.95 bits per heavy atom. The van der Waals surface area contributed by atoms with Crippen molar-refractivity contribution in [3.8, 4) is 0 Å². The van der Waals surface area contributed by atoms with Crippen LogP contribution in [0.15, 0.2) is 28.3 Å². The van der Waals surface area contributed by atoms with E-state index in [0.29, 0.717) is 18.1 Å². The lowest BCUT2D eigenvalue weighted by Gasteiger charge is -2.53. The molecule has 42 heavy (non-hydrogen) atoms. The first-order valence-corrected chi connectivity index (χ1v) is 16.1. The van der Waals surface area contributed by atoms with Gasteiger partial charge in [-0.25, -0.2) is 9.67 Å². The number of aliphatic carboxylic acids is 1. The van der Waals surface area contributed by atoms with Gasteiger partial charge in [-0.2, -0.15) is 0 Å². The number of carbonyl (C=O) groups is 4. The highest BCUT2D eigenvalue weighted by Gasteiger charge is 2.57. The second kappa shape index (κ2) is 14.6. The number of thiazole rings is 1. The predicted molar refractivity (Wildman–Crippen MR) is 157 cm³/mol. The molecule has 2 saturated heterocycles. The minimum Gasteiger partial charge on any atom is -0.481 e. The number of unbranched alkanes of at least 4 members (excludes halogenated alkanes) is 3. The number of fused-ring (bicyclic) bond motifs is 1. The van der Waals surface area contributed by atoms with Crippen LogP contribution >= 0.6 is 34.9 Å². The summed E-state index contributed by atoms with van der Waals surface area (Å²) in [5.41, 5.74) is -1.24. The number of amides is 3. The lowest BCUT2D eigenvalue weighted by atomic mass is 9.89. The Hall–Kier alpha value is -3.51. The number of β-lactam (4-membered cyclic amide) rings is 1. The van der Waals surface area contributed by atoms with Crippen molar-refractivity contribution in [1.82, 2.24) is 35.4 Å². The van der Waals surface area contributed by atoms with E-state index in [1.807, 2.05) is 0 Å². The normalized spacial score (nSPS) is 21.7. The standard InChI is InChI=1S/C24H31N9O6S3/c1-3-5-6-7-8-33-23(28-30-31-33)42-13-24(21(37)38)11-32-19(36)17(20(32)41-12-24)27-18(35)16(29-39-9-4-2)15-10-40-22(26-15)25-14-34/h4,10,14,17,20H,2-3,5-9,11-13H2,1H3,(H,27,35)(H,37,38)(H,25,26,34)/t17?,20-,24?/m1/s1. The molecule has 15 nitrogen and oxygen atoms in total. The minimum atomic E-state index is -1.22. The lowest BCUT2D eigenvalue weighted by Crippen LogP contribution is -2.74. The van der Waals surface area contributed by atoms with Gasteiger partial charge in [-0.3, -0.25) is 19.2 Å². The van der Waals surface area contributed by atoms with E-state index in [2.05, 4.69) is 49.8 Å². The fourth-order valence-corrected chi connectivity index (χ4v) is 7.72. The molecule has 2 fully saturated rings. The van der Waals surface area contributed by atoms with Gasteiger partial charge in [-0.15, -0.1) is 28.2 Å². The molecule has 0 aromatic carbocycles. The van der Waals surface area contributed by atoms with Gasteiger partial charge in [0, 0.05) is 30.0 Å². The third kappa shape index (κ3) is 7.09. The summed E-state index contributed by atoms with van der Waals surface area (Å²) in [4.78, 5) is 60.2. The van der Waals surface area contributed by atoms with Crippen LogP contribution in [0.2, 0.25) is 0 Å². The van der Waals surface area contributed by atoms with Crippen molar-refractivity contribution >= 4 is 69.9 Å². The largest absolute Gasteiger partial charge is 0.481 e. The van der Waals surface area contributed by atoms with Crippen LogP contribution in [0.3, 0.4) is 0 Å². The summed E-state index contributed by atoms with van der Waals surface area (Å²) in [5, 5.41) is 32.9. The average molecular weight is 638 g/mol. The van der Waals surface area contributed by atoms with Crippen LogP contribution in [0, 0.1) is 5.41 Å². The topological polar surface area (TPSA) is 194 Å². The summed E-state index contributed by atoms with van der Waals surface area (Å²) < 4.78 is 1.69. The zero-order valence-corrected chi connectivity index (χ0v) is 25.3. The maximum atomic E-state index is 13.2. The molecule has 3 atom stereocenters. The molecule has 0 spiro atoms. The summed E-state index contributed by atoms with van der Waals surface area (Å²) in [5.74, 6) is -1.71. The molecule has 4 heterocycles. The van der Waals surface area contributed by atoms with Crippen molar-refractivity contribution in [2.75, 3.05) is 30.0 Å². The summed E-state index contributed by atoms with van der Waals surface area (Å²) in [7, 11) is 0. The van der Waals surface area contributed by atoms with Crippen LogP contribution in [0.4, 0.5) is 5.13 Å². The Morgan fingerprint density at radius 1 is 1.38 bits per heavy atom. The molecule has 0 bridgehead atoms. The van der Waals surface area contributed by atoms with Crippen LogP contribution in [-0.4, -0.2) is 101 Å². The van der Waals surface area contributed by atoms with Crippen molar-refractivity contribution in [2.24, 2.45) is 10.6 Å². The predicted octanol–water partition coefficient (Wildman–Crippen LogP) is 1.45. The summed E-state index contributed by atoms with van der Waals surface area (Å²) in [6.45, 7) is 6.35. The highest BCUT2D eigenvalue weighted by Crippen LogP contribution is 2.44. The van der Waals surface area contributed by atoms with Crippen LogP contribution in [0.1, 0.15) is 38.3 Å². The van der Waals surface area contributed by atoms with E-state index in [0.717, 1.165) is 37.0 Å². The Balaban J connectivity index is 1.39. The number of hydrogen-bond donors (Lipinski definition) is 3. The summed E-state index contributed by atoms with van der Waals surface area (Å²) in [6, 6.07) is -0.881. The lowest BCUT2D eigenvalue weighted by molar-refractivity contribution is -0.157. The fourth-order valence-electron chi connectivity index (χ4n) is 4.31. The van der Waals surface area contributed by atoms with Gasteiger partial charge in [0.1, 0.15) is 29.1 Å². The van der Waals surface area contributed by atoms with Crippen LogP contribution in [-0.2, 0) is 30.6 Å². The quantitative estimate of drug-likeness (QED) is 0.0430. The maximum Gasteiger partial charge on any atom is 0.313 e. The third-order valence-electron chi connectivity index (χ3n) is 6.58. The summed E-state index contributed by atoms with van der Waals surface area (Å²) in [6.07, 6.45) is 6.13. The third-order valence-corrected chi connectivity index (χ3v) is 10.2. The summed E-state index contributed by atoms with van der Waals surface area (Å²) >= 11 is 3.64. The van der Waals surface area contributed by atoms with E-state index in [1.165, 1.54) is 39.9 Å². The molecule has 3 N–H and O–H groups in total. The number of nitrogens with one attached hydrogen (secondary N) is 2. The van der Waals surface area contributed by atoms with E-state index < -0.39 is 34.6 Å². The van der Waals surface area contributed by atoms with Gasteiger partial charge in [-0.05, 0) is 16.8 Å². The monoisotopic (exact) mass is 637 g/mol. The molecular formula is C24H31N9O6S3. The number of carboxylic acid groups (broad SMARTS) is 1. The van der Waals surface area contributed by atoms with Crippen LogP contribution < -0.4 is 10.6 Å². The number of tetrazole rings is 1. The van der Waals surface area contributed by atoms with E-state index in [4.69, 9.17) is 4.84 Å².